The van der Waals surface area contributed by atoms with E-state index in [-0.39, 0.29) is 7.92 Å². The molecule has 0 aliphatic heterocycles. The van der Waals surface area contributed by atoms with E-state index in [1.54, 1.807) is 10.6 Å². The summed E-state index contributed by atoms with van der Waals surface area (Å²) < 4.78 is 0. The van der Waals surface area contributed by atoms with Crippen molar-refractivity contribution in [1.29, 1.82) is 0 Å². The molecular weight excluding hydrogens is 319 g/mol. The average molecular weight is 355 g/mol. The molecule has 0 aliphatic carbocycles. The molecule has 0 aromatic heterocycles. The molecule has 25 heavy (non-hydrogen) atoms. The van der Waals surface area contributed by atoms with Gasteiger partial charge in [-0.25, -0.2) is 0 Å². The van der Waals surface area contributed by atoms with Crippen molar-refractivity contribution in [3.8, 4) is 0 Å². The van der Waals surface area contributed by atoms with E-state index in [0.29, 0.717) is 0 Å². The molecule has 0 saturated carbocycles. The fourth-order valence-corrected chi connectivity index (χ4v) is 6.45. The molecule has 0 bridgehead atoms. The number of benzene rings is 2. The molecule has 2 aromatic rings. The maximum atomic E-state index is 2.38. The van der Waals surface area contributed by atoms with Gasteiger partial charge in [-0.1, -0.05) is 75.4 Å². The Hall–Kier alpha value is -1.13. The molecule has 2 aromatic carbocycles. The molecule has 0 spiro atoms. The number of unbranched alkanes of at least 4 members (excludes halogenated alkanes) is 5. The van der Waals surface area contributed by atoms with Crippen molar-refractivity contribution < 1.29 is 0 Å². The molecule has 2 rings (SSSR count). The maximum absolute atomic E-state index is 2.38. The van der Waals surface area contributed by atoms with Crippen LogP contribution in [0.3, 0.4) is 0 Å². The van der Waals surface area contributed by atoms with Crippen molar-refractivity contribution in [2.75, 3.05) is 6.16 Å². The smallest absolute Gasteiger partial charge is 0.0163 e. The SMILES string of the molecule is CCCCCCCCP(c1cccc(C)c1C)c1cccc(C)c1C. The minimum Gasteiger partial charge on any atom is -0.0654 e. The van der Waals surface area contributed by atoms with Crippen molar-refractivity contribution in [1.82, 2.24) is 0 Å². The molecule has 0 fully saturated rings. The Bertz CT molecular complexity index is 620. The van der Waals surface area contributed by atoms with Gasteiger partial charge in [0, 0.05) is 0 Å². The van der Waals surface area contributed by atoms with Gasteiger partial charge in [0.25, 0.3) is 0 Å². The molecule has 0 aliphatic rings. The van der Waals surface area contributed by atoms with Crippen LogP contribution in [0.4, 0.5) is 0 Å². The summed E-state index contributed by atoms with van der Waals surface area (Å²) >= 11 is 0. The van der Waals surface area contributed by atoms with Crippen LogP contribution < -0.4 is 10.6 Å². The van der Waals surface area contributed by atoms with Crippen LogP contribution in [0.5, 0.6) is 0 Å². The number of hydrogen-bond donors (Lipinski definition) is 0. The summed E-state index contributed by atoms with van der Waals surface area (Å²) in [6, 6.07) is 13.8. The van der Waals surface area contributed by atoms with Crippen LogP contribution in [-0.2, 0) is 0 Å². The summed E-state index contributed by atoms with van der Waals surface area (Å²) in [4.78, 5) is 0. The van der Waals surface area contributed by atoms with Crippen molar-refractivity contribution >= 4 is 18.5 Å². The lowest BCUT2D eigenvalue weighted by Gasteiger charge is -2.24. The first kappa shape index (κ1) is 20.2. The Balaban J connectivity index is 2.23. The fourth-order valence-electron chi connectivity index (χ4n) is 3.48. The monoisotopic (exact) mass is 354 g/mol. The molecule has 0 amide bonds. The largest absolute Gasteiger partial charge is 0.0654 e. The highest BCUT2D eigenvalue weighted by molar-refractivity contribution is 7.73. The highest BCUT2D eigenvalue weighted by atomic mass is 31.1. The molecule has 0 heterocycles. The molecule has 136 valence electrons. The van der Waals surface area contributed by atoms with Gasteiger partial charge < -0.3 is 0 Å². The van der Waals surface area contributed by atoms with Gasteiger partial charge in [-0.3, -0.25) is 0 Å². The van der Waals surface area contributed by atoms with Gasteiger partial charge in [0.15, 0.2) is 0 Å². The summed E-state index contributed by atoms with van der Waals surface area (Å²) in [6.45, 7) is 11.4. The third kappa shape index (κ3) is 5.42. The van der Waals surface area contributed by atoms with Gasteiger partial charge in [-0.2, -0.15) is 0 Å². The topological polar surface area (TPSA) is 0 Å². The predicted octanol–water partition coefficient (Wildman–Crippen LogP) is 6.71. The Labute approximate surface area is 156 Å². The van der Waals surface area contributed by atoms with Gasteiger partial charge in [0.1, 0.15) is 0 Å². The third-order valence-electron chi connectivity index (χ3n) is 5.47. The van der Waals surface area contributed by atoms with Crippen LogP contribution in [-0.4, -0.2) is 6.16 Å². The van der Waals surface area contributed by atoms with Crippen LogP contribution in [0, 0.1) is 27.7 Å². The number of rotatable bonds is 9. The van der Waals surface area contributed by atoms with E-state index in [9.17, 15) is 0 Å². The Morgan fingerprint density at radius 3 is 1.64 bits per heavy atom. The Morgan fingerprint density at radius 1 is 0.640 bits per heavy atom. The van der Waals surface area contributed by atoms with E-state index in [1.165, 1.54) is 66.9 Å². The van der Waals surface area contributed by atoms with Crippen molar-refractivity contribution in [3.05, 3.63) is 58.7 Å². The van der Waals surface area contributed by atoms with Crippen LogP contribution >= 0.6 is 7.92 Å². The van der Waals surface area contributed by atoms with Crippen LogP contribution in [0.1, 0.15) is 67.7 Å². The second kappa shape index (κ2) is 10.1. The molecule has 0 saturated heterocycles. The van der Waals surface area contributed by atoms with E-state index in [2.05, 4.69) is 71.0 Å². The van der Waals surface area contributed by atoms with E-state index >= 15 is 0 Å². The first-order valence-electron chi connectivity index (χ1n) is 9.96. The zero-order valence-corrected chi connectivity index (χ0v) is 17.8. The second-order valence-electron chi connectivity index (χ2n) is 7.36. The summed E-state index contributed by atoms with van der Waals surface area (Å²) in [5.74, 6) is 0. The fraction of sp³-hybridized carbons (Fsp3) is 0.500. The van der Waals surface area contributed by atoms with Crippen LogP contribution in [0.25, 0.3) is 0 Å². The standard InChI is InChI=1S/C24H35P/c1-6-7-8-9-10-11-18-25(23-16-12-14-19(2)21(23)4)24-17-13-15-20(3)22(24)5/h12-17H,6-11,18H2,1-5H3. The minimum atomic E-state index is -0.249. The quantitative estimate of drug-likeness (QED) is 0.346. The van der Waals surface area contributed by atoms with Crippen molar-refractivity contribution in [2.45, 2.75) is 73.1 Å². The lowest BCUT2D eigenvalue weighted by Crippen LogP contribution is -2.20. The molecule has 0 unspecified atom stereocenters. The van der Waals surface area contributed by atoms with Crippen LogP contribution in [0.15, 0.2) is 36.4 Å². The Kier molecular flexibility index (Phi) is 8.17. The van der Waals surface area contributed by atoms with E-state index in [0.717, 1.165) is 0 Å². The lowest BCUT2D eigenvalue weighted by atomic mass is 10.1. The molecule has 1 heteroatoms. The van der Waals surface area contributed by atoms with E-state index < -0.39 is 0 Å². The third-order valence-corrected chi connectivity index (χ3v) is 8.36. The maximum Gasteiger partial charge on any atom is -0.0163 e. The van der Waals surface area contributed by atoms with E-state index in [4.69, 9.17) is 0 Å². The number of aryl methyl sites for hydroxylation is 2. The van der Waals surface area contributed by atoms with Gasteiger partial charge in [0.2, 0.25) is 0 Å². The summed E-state index contributed by atoms with van der Waals surface area (Å²) in [5.41, 5.74) is 5.86. The second-order valence-corrected chi connectivity index (χ2v) is 9.62. The molecule has 0 radical (unpaired) electrons. The number of hydrogen-bond acceptors (Lipinski definition) is 0. The Morgan fingerprint density at radius 2 is 1.12 bits per heavy atom. The predicted molar refractivity (Wildman–Crippen MR) is 116 cm³/mol. The highest BCUT2D eigenvalue weighted by Gasteiger charge is 2.18. The normalized spacial score (nSPS) is 11.3. The van der Waals surface area contributed by atoms with Gasteiger partial charge >= 0.3 is 0 Å². The average Bonchev–Trinajstić information content (AvgIpc) is 2.60. The first-order chi connectivity index (χ1) is 12.1. The molecule has 0 nitrogen and oxygen atoms in total. The zero-order valence-electron chi connectivity index (χ0n) is 16.9. The van der Waals surface area contributed by atoms with E-state index in [1.807, 2.05) is 0 Å². The van der Waals surface area contributed by atoms with Crippen molar-refractivity contribution in [3.63, 3.8) is 0 Å². The summed E-state index contributed by atoms with van der Waals surface area (Å²) in [7, 11) is -0.249. The highest BCUT2D eigenvalue weighted by Crippen LogP contribution is 2.38. The lowest BCUT2D eigenvalue weighted by molar-refractivity contribution is 0.626. The van der Waals surface area contributed by atoms with Gasteiger partial charge in [-0.15, -0.1) is 0 Å². The first-order valence-corrected chi connectivity index (χ1v) is 11.5. The zero-order chi connectivity index (χ0) is 18.2. The summed E-state index contributed by atoms with van der Waals surface area (Å²) in [5, 5.41) is 3.19. The van der Waals surface area contributed by atoms with Gasteiger partial charge in [0.05, 0.1) is 0 Å². The molecule has 0 N–H and O–H groups in total. The molecular formula is C24H35P. The summed E-state index contributed by atoms with van der Waals surface area (Å²) in [6.07, 6.45) is 9.60. The van der Waals surface area contributed by atoms with Crippen LogP contribution in [0.2, 0.25) is 0 Å². The van der Waals surface area contributed by atoms with Crippen molar-refractivity contribution in [2.24, 2.45) is 0 Å². The minimum absolute atomic E-state index is 0.249. The molecule has 0 atom stereocenters. The van der Waals surface area contributed by atoms with Gasteiger partial charge in [-0.05, 0) is 81.1 Å².